The van der Waals surface area contributed by atoms with Gasteiger partial charge in [0.1, 0.15) is 0 Å². The van der Waals surface area contributed by atoms with Gasteiger partial charge in [0.15, 0.2) is 5.16 Å². The molecule has 0 spiro atoms. The first-order chi connectivity index (χ1) is 11.1. The van der Waals surface area contributed by atoms with E-state index < -0.39 is 0 Å². The summed E-state index contributed by atoms with van der Waals surface area (Å²) in [5, 5.41) is 3.55. The Morgan fingerprint density at radius 1 is 1.30 bits per heavy atom. The number of carbonyl (C=O) groups excluding carboxylic acids is 2. The molecule has 8 heteroatoms. The molecule has 0 radical (unpaired) electrons. The molecule has 0 saturated carbocycles. The Balaban J connectivity index is 1.84. The predicted molar refractivity (Wildman–Crippen MR) is 88.1 cm³/mol. The van der Waals surface area contributed by atoms with Crippen molar-refractivity contribution in [2.45, 2.75) is 12.1 Å². The second-order valence-electron chi connectivity index (χ2n) is 4.60. The number of rotatable bonds is 7. The minimum atomic E-state index is -0.324. The van der Waals surface area contributed by atoms with Gasteiger partial charge in [-0.3, -0.25) is 14.4 Å². The van der Waals surface area contributed by atoms with Gasteiger partial charge in [-0.15, -0.1) is 0 Å². The molecule has 0 bridgehead atoms. The molecule has 1 aromatic heterocycles. The van der Waals surface area contributed by atoms with Crippen molar-refractivity contribution >= 4 is 29.3 Å². The van der Waals surface area contributed by atoms with Crippen molar-refractivity contribution in [2.24, 2.45) is 7.05 Å². The highest BCUT2D eigenvalue weighted by molar-refractivity contribution is 7.99. The maximum Gasteiger partial charge on any atom is 0.274 e. The number of anilines is 1. The fourth-order valence-electron chi connectivity index (χ4n) is 1.72. The molecule has 0 saturated heterocycles. The first-order valence-corrected chi connectivity index (χ1v) is 8.01. The summed E-state index contributed by atoms with van der Waals surface area (Å²) in [6.45, 7) is 2.18. The Kier molecular flexibility index (Phi) is 6.19. The van der Waals surface area contributed by atoms with Crippen LogP contribution in [0.25, 0.3) is 0 Å². The van der Waals surface area contributed by atoms with E-state index in [4.69, 9.17) is 4.84 Å². The van der Waals surface area contributed by atoms with Crippen LogP contribution in [0.4, 0.5) is 5.69 Å². The van der Waals surface area contributed by atoms with E-state index >= 15 is 0 Å². The fourth-order valence-corrected chi connectivity index (χ4v) is 2.45. The summed E-state index contributed by atoms with van der Waals surface area (Å²) in [5.41, 5.74) is 3.40. The molecule has 0 aliphatic carbocycles. The van der Waals surface area contributed by atoms with Crippen LogP contribution < -0.4 is 10.8 Å². The maximum absolute atomic E-state index is 11.9. The van der Waals surface area contributed by atoms with Crippen LogP contribution in [0.1, 0.15) is 17.3 Å². The van der Waals surface area contributed by atoms with Gasteiger partial charge in [0.05, 0.1) is 12.4 Å². The number of nitrogens with one attached hydrogen (secondary N) is 2. The van der Waals surface area contributed by atoms with E-state index in [-0.39, 0.29) is 17.6 Å². The summed E-state index contributed by atoms with van der Waals surface area (Å²) in [6, 6.07) is 6.58. The second kappa shape index (κ2) is 8.35. The minimum Gasteiger partial charge on any atom is -0.329 e. The molecule has 1 aromatic carbocycles. The maximum atomic E-state index is 11.9. The third-order valence-electron chi connectivity index (χ3n) is 2.85. The van der Waals surface area contributed by atoms with Gasteiger partial charge in [-0.1, -0.05) is 11.8 Å². The van der Waals surface area contributed by atoms with E-state index in [1.165, 1.54) is 11.8 Å². The minimum absolute atomic E-state index is 0.135. The molecule has 7 nitrogen and oxygen atoms in total. The summed E-state index contributed by atoms with van der Waals surface area (Å²) in [4.78, 5) is 32.6. The molecule has 1 heterocycles. The van der Waals surface area contributed by atoms with Crippen molar-refractivity contribution in [3.63, 3.8) is 0 Å². The number of amides is 2. The summed E-state index contributed by atoms with van der Waals surface area (Å²) in [6.07, 6.45) is 3.51. The number of aryl methyl sites for hydroxylation is 1. The fraction of sp³-hybridized carbons (Fsp3) is 0.267. The number of imidazole rings is 1. The van der Waals surface area contributed by atoms with Crippen molar-refractivity contribution in [3.05, 3.63) is 42.2 Å². The van der Waals surface area contributed by atoms with E-state index in [0.717, 1.165) is 5.16 Å². The van der Waals surface area contributed by atoms with Crippen molar-refractivity contribution in [1.29, 1.82) is 0 Å². The molecule has 0 unspecified atom stereocenters. The number of hydrogen-bond donors (Lipinski definition) is 2. The molecule has 2 amide bonds. The first kappa shape index (κ1) is 17.0. The molecular weight excluding hydrogens is 316 g/mol. The lowest BCUT2D eigenvalue weighted by Gasteiger charge is -2.07. The van der Waals surface area contributed by atoms with Gasteiger partial charge in [-0.2, -0.15) is 0 Å². The quantitative estimate of drug-likeness (QED) is 0.596. The summed E-state index contributed by atoms with van der Waals surface area (Å²) in [5.74, 6) is -0.197. The van der Waals surface area contributed by atoms with Crippen LogP contribution in [-0.4, -0.2) is 33.7 Å². The van der Waals surface area contributed by atoms with Crippen molar-refractivity contribution in [2.75, 3.05) is 17.7 Å². The molecule has 0 aliphatic rings. The standard InChI is InChI=1S/C15H18N4O3S/c1-3-22-18-14(21)11-4-6-12(7-5-11)17-13(20)10-23-15-16-8-9-19(15)2/h4-9H,3,10H2,1-2H3,(H,17,20)(H,18,21). The second-order valence-corrected chi connectivity index (χ2v) is 5.54. The van der Waals surface area contributed by atoms with Crippen LogP contribution >= 0.6 is 11.8 Å². The molecule has 0 atom stereocenters. The van der Waals surface area contributed by atoms with Crippen LogP contribution in [0, 0.1) is 0 Å². The monoisotopic (exact) mass is 334 g/mol. The number of hydroxylamine groups is 1. The highest BCUT2D eigenvalue weighted by atomic mass is 32.2. The predicted octanol–water partition coefficient (Wildman–Crippen LogP) is 1.83. The first-order valence-electron chi connectivity index (χ1n) is 7.02. The van der Waals surface area contributed by atoms with Crippen LogP contribution in [0.3, 0.4) is 0 Å². The average molecular weight is 334 g/mol. The molecule has 23 heavy (non-hydrogen) atoms. The molecule has 0 fully saturated rings. The highest BCUT2D eigenvalue weighted by Crippen LogP contribution is 2.15. The largest absolute Gasteiger partial charge is 0.329 e. The zero-order valence-corrected chi connectivity index (χ0v) is 13.7. The Labute approximate surface area is 138 Å². The Morgan fingerprint density at radius 2 is 2.04 bits per heavy atom. The number of thioether (sulfide) groups is 1. The Morgan fingerprint density at radius 3 is 2.65 bits per heavy atom. The smallest absolute Gasteiger partial charge is 0.274 e. The molecular formula is C15H18N4O3S. The van der Waals surface area contributed by atoms with Gasteiger partial charge in [-0.05, 0) is 31.2 Å². The lowest BCUT2D eigenvalue weighted by molar-refractivity contribution is -0.113. The highest BCUT2D eigenvalue weighted by Gasteiger charge is 2.08. The van der Waals surface area contributed by atoms with E-state index in [1.54, 1.807) is 37.4 Å². The molecule has 0 aliphatic heterocycles. The average Bonchev–Trinajstić information content (AvgIpc) is 2.96. The Hall–Kier alpha value is -2.32. The van der Waals surface area contributed by atoms with Gasteiger partial charge in [0.25, 0.3) is 5.91 Å². The normalized spacial score (nSPS) is 10.3. The van der Waals surface area contributed by atoms with E-state index in [9.17, 15) is 9.59 Å². The number of benzene rings is 1. The van der Waals surface area contributed by atoms with Crippen molar-refractivity contribution < 1.29 is 14.4 Å². The summed E-state index contributed by atoms with van der Waals surface area (Å²) >= 11 is 1.36. The zero-order valence-electron chi connectivity index (χ0n) is 12.9. The summed E-state index contributed by atoms with van der Waals surface area (Å²) < 4.78 is 1.85. The van der Waals surface area contributed by atoms with E-state index in [0.29, 0.717) is 17.9 Å². The third-order valence-corrected chi connectivity index (χ3v) is 3.91. The number of carbonyl (C=O) groups is 2. The topological polar surface area (TPSA) is 85.2 Å². The molecule has 122 valence electrons. The van der Waals surface area contributed by atoms with Crippen molar-refractivity contribution in [1.82, 2.24) is 15.0 Å². The number of aromatic nitrogens is 2. The van der Waals surface area contributed by atoms with Crippen LogP contribution in [0.5, 0.6) is 0 Å². The van der Waals surface area contributed by atoms with E-state index in [1.807, 2.05) is 17.8 Å². The van der Waals surface area contributed by atoms with Crippen molar-refractivity contribution in [3.8, 4) is 0 Å². The van der Waals surface area contributed by atoms with Gasteiger partial charge >= 0.3 is 0 Å². The zero-order chi connectivity index (χ0) is 16.7. The van der Waals surface area contributed by atoms with Gasteiger partial charge in [-0.25, -0.2) is 10.5 Å². The number of hydrogen-bond acceptors (Lipinski definition) is 5. The number of nitrogens with zero attached hydrogens (tertiary/aromatic N) is 2. The van der Waals surface area contributed by atoms with E-state index in [2.05, 4.69) is 15.8 Å². The Bertz CT molecular complexity index is 670. The lowest BCUT2D eigenvalue weighted by atomic mass is 10.2. The third kappa shape index (κ3) is 5.11. The molecule has 2 rings (SSSR count). The molecule has 2 aromatic rings. The van der Waals surface area contributed by atoms with Crippen LogP contribution in [0.15, 0.2) is 41.8 Å². The van der Waals surface area contributed by atoms with Gasteiger partial charge < -0.3 is 9.88 Å². The summed E-state index contributed by atoms with van der Waals surface area (Å²) in [7, 11) is 1.87. The lowest BCUT2D eigenvalue weighted by Crippen LogP contribution is -2.23. The SMILES string of the molecule is CCONC(=O)c1ccc(NC(=O)CSc2nccn2C)cc1. The molecule has 2 N–H and O–H groups in total. The van der Waals surface area contributed by atoms with Crippen LogP contribution in [-0.2, 0) is 16.7 Å². The van der Waals surface area contributed by atoms with Gasteiger partial charge in [0.2, 0.25) is 5.91 Å². The van der Waals surface area contributed by atoms with Gasteiger partial charge in [0, 0.05) is 30.7 Å². The van der Waals surface area contributed by atoms with Crippen LogP contribution in [0.2, 0.25) is 0 Å².